The molecule has 0 spiro atoms. The van der Waals surface area contributed by atoms with E-state index in [1.807, 2.05) is 61.7 Å². The van der Waals surface area contributed by atoms with Crippen LogP contribution in [0.4, 0.5) is 0 Å². The van der Waals surface area contributed by atoms with E-state index < -0.39 is 0 Å². The third-order valence-corrected chi connectivity index (χ3v) is 8.56. The summed E-state index contributed by atoms with van der Waals surface area (Å²) in [4.78, 5) is 15.4. The molecule has 0 unspecified atom stereocenters. The number of nitrogens with zero attached hydrogens (tertiary/aromatic N) is 5. The molecule has 57 heavy (non-hydrogen) atoms. The second kappa shape index (κ2) is 22.2. The molecule has 0 radical (unpaired) electrons. The molecule has 0 atom stereocenters. The molecule has 6 rings (SSSR count). The van der Waals surface area contributed by atoms with Crippen LogP contribution in [0.3, 0.4) is 0 Å². The van der Waals surface area contributed by atoms with Crippen molar-refractivity contribution in [3.8, 4) is 0 Å². The van der Waals surface area contributed by atoms with Crippen molar-refractivity contribution in [1.29, 1.82) is 0 Å². The molecule has 0 aliphatic carbocycles. The van der Waals surface area contributed by atoms with Crippen LogP contribution in [0.2, 0.25) is 0 Å². The third kappa shape index (κ3) is 21.3. The molecule has 0 fully saturated rings. The van der Waals surface area contributed by atoms with Gasteiger partial charge in [-0.3, -0.25) is 20.2 Å². The lowest BCUT2D eigenvalue weighted by Gasteiger charge is -2.18. The number of benzene rings is 1. The molecule has 0 saturated carbocycles. The molecule has 8 heteroatoms. The van der Waals surface area contributed by atoms with Crippen LogP contribution in [0.25, 0.3) is 0 Å². The van der Waals surface area contributed by atoms with Gasteiger partial charge in [0.05, 0.1) is 12.4 Å². The number of pyridine rings is 2. The van der Waals surface area contributed by atoms with Gasteiger partial charge in [-0.1, -0.05) is 161 Å². The van der Waals surface area contributed by atoms with Crippen molar-refractivity contribution in [2.24, 2.45) is 0 Å². The fourth-order valence-electron chi connectivity index (χ4n) is 4.59. The normalized spacial score (nSPS) is 11.7. The monoisotopic (exact) mass is 777 g/mol. The number of nitrogens with one attached hydrogen (secondary N) is 3. The maximum Gasteiger partial charge on any atom is 0.111 e. The summed E-state index contributed by atoms with van der Waals surface area (Å²) < 4.78 is 0. The zero-order chi connectivity index (χ0) is 43.6. The highest BCUT2D eigenvalue weighted by Crippen LogP contribution is 2.23. The van der Waals surface area contributed by atoms with E-state index in [2.05, 4.69) is 213 Å². The first kappa shape index (κ1) is 50.2. The summed E-state index contributed by atoms with van der Waals surface area (Å²) in [7, 11) is 0. The average Bonchev–Trinajstić information content (AvgIpc) is 3.94. The number of hydrogen-bond donors (Lipinski definition) is 3. The van der Waals surface area contributed by atoms with Crippen LogP contribution in [0, 0.1) is 0 Å². The molecule has 5 aromatic heterocycles. The quantitative estimate of drug-likeness (QED) is 0.142. The summed E-state index contributed by atoms with van der Waals surface area (Å²) >= 11 is 0. The first-order valence-corrected chi connectivity index (χ1v) is 20.0. The first-order chi connectivity index (χ1) is 26.1. The number of imidazole rings is 1. The Balaban J connectivity index is 0.000000342. The molecule has 5 heterocycles. The van der Waals surface area contributed by atoms with Gasteiger partial charge in [-0.15, -0.1) is 0 Å². The fourth-order valence-corrected chi connectivity index (χ4v) is 4.59. The number of hydrogen-bond acceptors (Lipinski definition) is 5. The van der Waals surface area contributed by atoms with Crippen LogP contribution in [0.5, 0.6) is 0 Å². The second-order valence-electron chi connectivity index (χ2n) is 20.2. The fraction of sp³-hybridized carbons (Fsp3) is 0.490. The van der Waals surface area contributed by atoms with E-state index in [-0.39, 0.29) is 27.1 Å². The van der Waals surface area contributed by atoms with Gasteiger partial charge >= 0.3 is 0 Å². The second-order valence-corrected chi connectivity index (χ2v) is 20.2. The number of H-pyrrole nitrogens is 3. The molecule has 3 N–H and O–H groups in total. The van der Waals surface area contributed by atoms with Crippen molar-refractivity contribution in [2.45, 2.75) is 157 Å². The summed E-state index contributed by atoms with van der Waals surface area (Å²) in [5.74, 6) is 1.04. The first-order valence-electron chi connectivity index (χ1n) is 20.0. The Labute approximate surface area is 346 Å². The standard InChI is InChI=1S/C10H14.2C9H13N.3C7H12N2/c1-10(2,3)9-7-5-4-6-8-9;1-9(2,3)8-4-6-10-7-5-8;1-9(2,3)8-6-4-5-7-10-8;2*1-7(2,3)6-4-8-9-5-6;1-7(2,3)6-8-4-5-9-6/h4-8H,1-3H3;2*4-7H,1-3H3;3*4-5H,1-3H3,(H,8,9). The lowest BCUT2D eigenvalue weighted by molar-refractivity contribution is 0.552. The molecule has 0 saturated heterocycles. The summed E-state index contributed by atoms with van der Waals surface area (Å²) in [5, 5.41) is 13.3. The summed E-state index contributed by atoms with van der Waals surface area (Å²) in [5.41, 5.74) is 7.73. The van der Waals surface area contributed by atoms with Gasteiger partial charge in [0.1, 0.15) is 5.82 Å². The Hall–Kier alpha value is -4.85. The Morgan fingerprint density at radius 3 is 1.05 bits per heavy atom. The predicted molar refractivity (Wildman–Crippen MR) is 243 cm³/mol. The van der Waals surface area contributed by atoms with Crippen molar-refractivity contribution < 1.29 is 0 Å². The molecule has 6 aromatic rings. The maximum absolute atomic E-state index is 4.25. The van der Waals surface area contributed by atoms with Crippen LogP contribution in [0.15, 0.2) is 116 Å². The van der Waals surface area contributed by atoms with E-state index in [9.17, 15) is 0 Å². The highest BCUT2D eigenvalue weighted by atomic mass is 15.1. The minimum atomic E-state index is 0.156. The van der Waals surface area contributed by atoms with Crippen LogP contribution < -0.4 is 0 Å². The molecule has 0 aliphatic rings. The Morgan fingerprint density at radius 1 is 0.386 bits per heavy atom. The number of rotatable bonds is 0. The molecule has 0 amide bonds. The van der Waals surface area contributed by atoms with E-state index in [0.29, 0.717) is 5.41 Å². The van der Waals surface area contributed by atoms with Gasteiger partial charge < -0.3 is 4.98 Å². The van der Waals surface area contributed by atoms with Gasteiger partial charge in [0.15, 0.2) is 0 Å². The summed E-state index contributed by atoms with van der Waals surface area (Å²) in [6.45, 7) is 39.1. The molecule has 1 aromatic carbocycles. The van der Waals surface area contributed by atoms with Crippen LogP contribution in [-0.2, 0) is 32.5 Å². The van der Waals surface area contributed by atoms with Crippen LogP contribution in [0.1, 0.15) is 158 Å². The van der Waals surface area contributed by atoms with Gasteiger partial charge in [-0.25, -0.2) is 4.98 Å². The van der Waals surface area contributed by atoms with Gasteiger partial charge in [0, 0.05) is 59.9 Å². The highest BCUT2D eigenvalue weighted by molar-refractivity contribution is 5.22. The Kier molecular flexibility index (Phi) is 19.5. The van der Waals surface area contributed by atoms with Gasteiger partial charge in [-0.2, -0.15) is 10.2 Å². The van der Waals surface area contributed by atoms with Gasteiger partial charge in [0.25, 0.3) is 0 Å². The lowest BCUT2D eigenvalue weighted by atomic mass is 9.87. The third-order valence-electron chi connectivity index (χ3n) is 8.56. The Morgan fingerprint density at radius 2 is 0.825 bits per heavy atom. The van der Waals surface area contributed by atoms with E-state index in [1.165, 1.54) is 22.3 Å². The smallest absolute Gasteiger partial charge is 0.111 e. The lowest BCUT2D eigenvalue weighted by Crippen LogP contribution is -2.12. The minimum absolute atomic E-state index is 0.156. The average molecular weight is 777 g/mol. The van der Waals surface area contributed by atoms with E-state index in [0.717, 1.165) is 11.5 Å². The molecule has 0 bridgehead atoms. The van der Waals surface area contributed by atoms with Crippen molar-refractivity contribution in [3.63, 3.8) is 0 Å². The van der Waals surface area contributed by atoms with Crippen molar-refractivity contribution in [3.05, 3.63) is 150 Å². The Bertz CT molecular complexity index is 1600. The van der Waals surface area contributed by atoms with Gasteiger partial charge in [0.2, 0.25) is 0 Å². The van der Waals surface area contributed by atoms with Crippen molar-refractivity contribution in [2.75, 3.05) is 0 Å². The summed E-state index contributed by atoms with van der Waals surface area (Å²) in [6, 6.07) is 20.7. The van der Waals surface area contributed by atoms with E-state index >= 15 is 0 Å². The van der Waals surface area contributed by atoms with Crippen LogP contribution >= 0.6 is 0 Å². The summed E-state index contributed by atoms with van der Waals surface area (Å²) in [6.07, 6.45) is 16.7. The predicted octanol–water partition coefficient (Wildman–Crippen LogP) is 12.9. The number of aromatic amines is 3. The molecular formula is C49H76N8. The van der Waals surface area contributed by atoms with Crippen molar-refractivity contribution in [1.82, 2.24) is 40.3 Å². The molecule has 312 valence electrons. The molecule has 8 nitrogen and oxygen atoms in total. The van der Waals surface area contributed by atoms with Crippen molar-refractivity contribution >= 4 is 0 Å². The zero-order valence-corrected chi connectivity index (χ0v) is 38.7. The topological polar surface area (TPSA) is 112 Å². The zero-order valence-electron chi connectivity index (χ0n) is 38.7. The minimum Gasteiger partial charge on any atom is -0.348 e. The maximum atomic E-state index is 4.25. The molecular weight excluding hydrogens is 701 g/mol. The van der Waals surface area contributed by atoms with Gasteiger partial charge in [-0.05, 0) is 68.2 Å². The van der Waals surface area contributed by atoms with E-state index in [4.69, 9.17) is 0 Å². The molecule has 0 aliphatic heterocycles. The van der Waals surface area contributed by atoms with Crippen LogP contribution in [-0.4, -0.2) is 40.3 Å². The SMILES string of the molecule is CC(C)(C)c1ccccc1.CC(C)(C)c1ccccn1.CC(C)(C)c1ccncc1.CC(C)(C)c1cn[nH]c1.CC(C)(C)c1cn[nH]c1.CC(C)(C)c1ncc[nH]1. The largest absolute Gasteiger partial charge is 0.348 e. The highest BCUT2D eigenvalue weighted by Gasteiger charge is 2.16. The van der Waals surface area contributed by atoms with E-state index in [1.54, 1.807) is 6.20 Å². The number of aromatic nitrogens is 8.